The largest absolute Gasteiger partial charge is 0.497 e. The highest BCUT2D eigenvalue weighted by Crippen LogP contribution is 2.48. The number of fused-ring (bicyclic) bond motifs is 1. The van der Waals surface area contributed by atoms with Crippen LogP contribution in [0.25, 0.3) is 0 Å². The van der Waals surface area contributed by atoms with Gasteiger partial charge in [0.05, 0.1) is 24.5 Å². The van der Waals surface area contributed by atoms with Gasteiger partial charge in [0.25, 0.3) is 0 Å². The Morgan fingerprint density at radius 1 is 1.00 bits per heavy atom. The monoisotopic (exact) mass is 526 g/mol. The molecule has 1 amide bonds. The predicted octanol–water partition coefficient (Wildman–Crippen LogP) is 7.62. The van der Waals surface area contributed by atoms with Gasteiger partial charge >= 0.3 is 0 Å². The van der Waals surface area contributed by atoms with Crippen molar-refractivity contribution in [3.63, 3.8) is 0 Å². The van der Waals surface area contributed by atoms with Gasteiger partial charge in [0.2, 0.25) is 5.91 Å². The zero-order valence-electron chi connectivity index (χ0n) is 22.8. The van der Waals surface area contributed by atoms with Gasteiger partial charge < -0.3 is 10.1 Å². The van der Waals surface area contributed by atoms with Crippen LogP contribution >= 0.6 is 0 Å². The van der Waals surface area contributed by atoms with Crippen LogP contribution < -0.4 is 15.0 Å². The van der Waals surface area contributed by atoms with Crippen molar-refractivity contribution in [2.45, 2.75) is 64.3 Å². The number of aryl methyl sites for hydroxylation is 1. The number of Topliss-reactive ketones (excluding diaryl/α,β-unsaturated/α-hetero) is 1. The number of benzene rings is 3. The molecule has 5 nitrogen and oxygen atoms in total. The molecule has 0 aromatic heterocycles. The Hall–Kier alpha value is -3.93. The maximum absolute atomic E-state index is 14.1. The standard InChI is InChI=1S/C33H35FN2O3/c1-4-5-6-7-31(38)36-29-18-21(2)8-17-27(29)35-28-19-24(22-11-15-26(39-3)16-12-22)20-30(37)32(28)33(36)23-9-13-25(34)14-10-23/h8-18,24,33,35H,4-7,19-20H2,1-3H3. The van der Waals surface area contributed by atoms with E-state index < -0.39 is 6.04 Å². The molecule has 2 unspecified atom stereocenters. The summed E-state index contributed by atoms with van der Waals surface area (Å²) in [6, 6.07) is 19.4. The zero-order valence-corrected chi connectivity index (χ0v) is 22.8. The lowest BCUT2D eigenvalue weighted by Crippen LogP contribution is -2.38. The number of amides is 1. The molecule has 0 saturated carbocycles. The van der Waals surface area contributed by atoms with Gasteiger partial charge in [-0.2, -0.15) is 0 Å². The number of unbranched alkanes of at least 4 members (excludes halogenated alkanes) is 2. The normalized spacial score (nSPS) is 18.7. The molecule has 2 atom stereocenters. The molecule has 1 heterocycles. The van der Waals surface area contributed by atoms with Gasteiger partial charge in [0.1, 0.15) is 11.6 Å². The van der Waals surface area contributed by atoms with Crippen LogP contribution in [0, 0.1) is 12.7 Å². The third-order valence-corrected chi connectivity index (χ3v) is 7.77. The van der Waals surface area contributed by atoms with Crippen molar-refractivity contribution < 1.29 is 18.7 Å². The minimum absolute atomic E-state index is 0.00483. The van der Waals surface area contributed by atoms with E-state index in [2.05, 4.69) is 12.2 Å². The quantitative estimate of drug-likeness (QED) is 0.322. The first-order valence-electron chi connectivity index (χ1n) is 13.7. The lowest BCUT2D eigenvalue weighted by molar-refractivity contribution is -0.119. The fourth-order valence-corrected chi connectivity index (χ4v) is 5.74. The highest BCUT2D eigenvalue weighted by molar-refractivity contribution is 6.06. The molecular weight excluding hydrogens is 491 g/mol. The van der Waals surface area contributed by atoms with Crippen molar-refractivity contribution >= 4 is 23.1 Å². The number of allylic oxidation sites excluding steroid dienone is 1. The molecule has 39 heavy (non-hydrogen) atoms. The smallest absolute Gasteiger partial charge is 0.227 e. The minimum atomic E-state index is -0.644. The van der Waals surface area contributed by atoms with E-state index in [9.17, 15) is 14.0 Å². The topological polar surface area (TPSA) is 58.6 Å². The second-order valence-electron chi connectivity index (χ2n) is 10.5. The van der Waals surface area contributed by atoms with Gasteiger partial charge in [-0.25, -0.2) is 4.39 Å². The summed E-state index contributed by atoms with van der Waals surface area (Å²) in [4.78, 5) is 29.8. The van der Waals surface area contributed by atoms with Crippen LogP contribution in [-0.4, -0.2) is 18.8 Å². The maximum Gasteiger partial charge on any atom is 0.227 e. The van der Waals surface area contributed by atoms with Crippen LogP contribution in [0.4, 0.5) is 15.8 Å². The van der Waals surface area contributed by atoms with Crippen LogP contribution in [0.1, 0.15) is 74.1 Å². The Morgan fingerprint density at radius 2 is 1.72 bits per heavy atom. The molecule has 5 rings (SSSR count). The van der Waals surface area contributed by atoms with Gasteiger partial charge in [-0.05, 0) is 78.8 Å². The molecule has 0 bridgehead atoms. The Kier molecular flexibility index (Phi) is 7.82. The summed E-state index contributed by atoms with van der Waals surface area (Å²) in [6.45, 7) is 4.10. The van der Waals surface area contributed by atoms with Gasteiger partial charge in [-0.3, -0.25) is 14.5 Å². The Bertz CT molecular complexity index is 1400. The Balaban J connectivity index is 1.65. The number of hydrogen-bond donors (Lipinski definition) is 1. The summed E-state index contributed by atoms with van der Waals surface area (Å²) in [6.07, 6.45) is 4.07. The molecule has 1 aliphatic heterocycles. The first-order chi connectivity index (χ1) is 18.9. The lowest BCUT2D eigenvalue weighted by atomic mass is 9.78. The summed E-state index contributed by atoms with van der Waals surface area (Å²) in [7, 11) is 1.63. The molecule has 2 aliphatic rings. The number of rotatable bonds is 7. The van der Waals surface area contributed by atoms with E-state index in [4.69, 9.17) is 4.74 Å². The SMILES string of the molecule is CCCCCC(=O)N1c2cc(C)ccc2NC2=C(C(=O)CC(c3ccc(OC)cc3)C2)C1c1ccc(F)cc1. The van der Waals surface area contributed by atoms with E-state index >= 15 is 0 Å². The van der Waals surface area contributed by atoms with E-state index in [0.717, 1.165) is 58.8 Å². The van der Waals surface area contributed by atoms with E-state index in [1.54, 1.807) is 24.1 Å². The summed E-state index contributed by atoms with van der Waals surface area (Å²) in [5.74, 6) is 0.363. The highest BCUT2D eigenvalue weighted by Gasteiger charge is 2.41. The van der Waals surface area contributed by atoms with Crippen molar-refractivity contribution in [1.29, 1.82) is 0 Å². The molecule has 0 radical (unpaired) electrons. The fraction of sp³-hybridized carbons (Fsp3) is 0.333. The van der Waals surface area contributed by atoms with Crippen LogP contribution in [0.5, 0.6) is 5.75 Å². The average molecular weight is 527 g/mol. The number of carbonyl (C=O) groups is 2. The van der Waals surface area contributed by atoms with Crippen LogP contribution in [0.3, 0.4) is 0 Å². The second kappa shape index (κ2) is 11.4. The lowest BCUT2D eigenvalue weighted by Gasteiger charge is -2.35. The van der Waals surface area contributed by atoms with Crippen LogP contribution in [0.15, 0.2) is 78.0 Å². The van der Waals surface area contributed by atoms with E-state index in [-0.39, 0.29) is 23.4 Å². The molecule has 1 N–H and O–H groups in total. The number of ether oxygens (including phenoxy) is 1. The van der Waals surface area contributed by atoms with Gasteiger partial charge in [-0.1, -0.05) is 50.1 Å². The number of carbonyl (C=O) groups excluding carboxylic acids is 2. The first-order valence-corrected chi connectivity index (χ1v) is 13.7. The number of nitrogens with zero attached hydrogens (tertiary/aromatic N) is 1. The summed E-state index contributed by atoms with van der Waals surface area (Å²) < 4.78 is 19.3. The highest BCUT2D eigenvalue weighted by atomic mass is 19.1. The Morgan fingerprint density at radius 3 is 2.41 bits per heavy atom. The summed E-state index contributed by atoms with van der Waals surface area (Å²) in [5, 5.41) is 3.57. The molecule has 1 aliphatic carbocycles. The van der Waals surface area contributed by atoms with E-state index in [0.29, 0.717) is 24.8 Å². The number of halogens is 1. The number of hydrogen-bond acceptors (Lipinski definition) is 4. The minimum Gasteiger partial charge on any atom is -0.497 e. The van der Waals surface area contributed by atoms with E-state index in [1.807, 2.05) is 49.4 Å². The van der Waals surface area contributed by atoms with Crippen LogP contribution in [0.2, 0.25) is 0 Å². The Labute approximate surface area is 229 Å². The molecule has 6 heteroatoms. The van der Waals surface area contributed by atoms with Gasteiger partial charge in [0, 0.05) is 24.1 Å². The van der Waals surface area contributed by atoms with Crippen molar-refractivity contribution in [1.82, 2.24) is 0 Å². The number of nitrogens with one attached hydrogen (secondary N) is 1. The predicted molar refractivity (Wildman–Crippen MR) is 153 cm³/mol. The molecule has 0 saturated heterocycles. The second-order valence-corrected chi connectivity index (χ2v) is 10.5. The average Bonchev–Trinajstić information content (AvgIpc) is 3.08. The number of methoxy groups -OCH3 is 1. The summed E-state index contributed by atoms with van der Waals surface area (Å²) >= 11 is 0. The zero-order chi connectivity index (χ0) is 27.5. The molecule has 202 valence electrons. The summed E-state index contributed by atoms with van der Waals surface area (Å²) in [5.41, 5.74) is 5.75. The molecule has 0 spiro atoms. The molecule has 0 fully saturated rings. The third-order valence-electron chi connectivity index (χ3n) is 7.77. The maximum atomic E-state index is 14.1. The van der Waals surface area contributed by atoms with Crippen molar-refractivity contribution in [2.75, 3.05) is 17.3 Å². The fourth-order valence-electron chi connectivity index (χ4n) is 5.74. The van der Waals surface area contributed by atoms with E-state index in [1.165, 1.54) is 12.1 Å². The van der Waals surface area contributed by atoms with Gasteiger partial charge in [0.15, 0.2) is 5.78 Å². The number of anilines is 2. The molecule has 3 aromatic carbocycles. The van der Waals surface area contributed by atoms with Crippen LogP contribution in [-0.2, 0) is 9.59 Å². The van der Waals surface area contributed by atoms with Crippen molar-refractivity contribution in [3.05, 3.63) is 101 Å². The van der Waals surface area contributed by atoms with Gasteiger partial charge in [-0.15, -0.1) is 0 Å². The van der Waals surface area contributed by atoms with Crippen molar-refractivity contribution in [3.8, 4) is 5.75 Å². The van der Waals surface area contributed by atoms with Crippen molar-refractivity contribution in [2.24, 2.45) is 0 Å². The number of ketones is 1. The molecule has 3 aromatic rings. The first kappa shape index (κ1) is 26.7. The molecular formula is C33H35FN2O3. The third kappa shape index (κ3) is 5.47.